The van der Waals surface area contributed by atoms with Crippen LogP contribution in [-0.4, -0.2) is 44.3 Å². The molecule has 0 atom stereocenters. The van der Waals surface area contributed by atoms with Gasteiger partial charge in [-0.1, -0.05) is 39.9 Å². The molecule has 126 valence electrons. The van der Waals surface area contributed by atoms with Crippen LogP contribution in [-0.2, 0) is 4.74 Å². The summed E-state index contributed by atoms with van der Waals surface area (Å²) in [6.07, 6.45) is 2.35. The highest BCUT2D eigenvalue weighted by molar-refractivity contribution is 7.71. The molecule has 0 unspecified atom stereocenters. The molecule has 0 bridgehead atoms. The Bertz CT molecular complexity index is 501. The summed E-state index contributed by atoms with van der Waals surface area (Å²) in [6, 6.07) is 0. The largest absolute Gasteiger partial charge is 0.379 e. The first-order chi connectivity index (χ1) is 10.5. The van der Waals surface area contributed by atoms with Gasteiger partial charge in [0.15, 0.2) is 0 Å². The van der Waals surface area contributed by atoms with Crippen molar-refractivity contribution < 1.29 is 4.74 Å². The fourth-order valence-corrected chi connectivity index (χ4v) is 3.09. The molecule has 0 saturated heterocycles. The molecule has 0 saturated carbocycles. The number of nitrogens with zero attached hydrogens (tertiary/aromatic N) is 1. The number of rotatable bonds is 12. The molecule has 1 aromatic rings. The topological polar surface area (TPSA) is 41.6 Å². The van der Waals surface area contributed by atoms with Gasteiger partial charge >= 0.3 is 0 Å². The Labute approximate surface area is 139 Å². The fourth-order valence-electron chi connectivity index (χ4n) is 2.65. The van der Waals surface area contributed by atoms with Gasteiger partial charge in [0.05, 0.1) is 23.4 Å². The minimum Gasteiger partial charge on any atom is -0.379 e. The van der Waals surface area contributed by atoms with E-state index in [1.807, 2.05) is 0 Å². The van der Waals surface area contributed by atoms with Crippen molar-refractivity contribution >= 4 is 17.9 Å². The molecule has 0 heterocycles. The van der Waals surface area contributed by atoms with E-state index in [2.05, 4.69) is 37.9 Å². The highest BCUT2D eigenvalue weighted by Crippen LogP contribution is 2.25. The molecule has 5 heteroatoms. The third-order valence-electron chi connectivity index (χ3n) is 3.70. The van der Waals surface area contributed by atoms with E-state index in [1.165, 1.54) is 12.8 Å². The number of hydrogen-bond donors (Lipinski definition) is 1. The minimum absolute atomic E-state index is 0.0178. The maximum atomic E-state index is 11.7. The van der Waals surface area contributed by atoms with E-state index in [0.717, 1.165) is 31.8 Å². The second-order valence-electron chi connectivity index (χ2n) is 5.98. The third kappa shape index (κ3) is 5.45. The molecule has 22 heavy (non-hydrogen) atoms. The molecular formula is C17H30N2O2S. The van der Waals surface area contributed by atoms with Gasteiger partial charge in [-0.2, -0.15) is 0 Å². The van der Waals surface area contributed by atoms with Crippen LogP contribution in [0.1, 0.15) is 52.0 Å². The molecule has 0 spiro atoms. The molecule has 0 radical (unpaired) electrons. The van der Waals surface area contributed by atoms with Crippen LogP contribution in [0.2, 0.25) is 0 Å². The van der Waals surface area contributed by atoms with E-state index in [0.29, 0.717) is 29.3 Å². The first kappa shape index (κ1) is 19.3. The number of anilines is 1. The van der Waals surface area contributed by atoms with Gasteiger partial charge in [0, 0.05) is 18.7 Å². The summed E-state index contributed by atoms with van der Waals surface area (Å²) >= 11 is 5.10. The summed E-state index contributed by atoms with van der Waals surface area (Å²) in [5.41, 5.74) is 1.68. The summed E-state index contributed by atoms with van der Waals surface area (Å²) in [5.74, 6) is 0.297. The Morgan fingerprint density at radius 2 is 1.77 bits per heavy atom. The second kappa shape index (κ2) is 10.1. The van der Waals surface area contributed by atoms with Crippen molar-refractivity contribution in [3.63, 3.8) is 0 Å². The van der Waals surface area contributed by atoms with Crippen molar-refractivity contribution in [3.05, 3.63) is 20.3 Å². The first-order valence-electron chi connectivity index (χ1n) is 8.40. The van der Waals surface area contributed by atoms with Crippen LogP contribution >= 0.6 is 12.2 Å². The van der Waals surface area contributed by atoms with Crippen molar-refractivity contribution in [2.24, 2.45) is 0 Å². The molecular weight excluding hydrogens is 296 g/mol. The van der Waals surface area contributed by atoms with Crippen molar-refractivity contribution in [3.8, 4) is 0 Å². The predicted molar refractivity (Wildman–Crippen MR) is 96.3 cm³/mol. The van der Waals surface area contributed by atoms with Crippen molar-refractivity contribution in [1.82, 2.24) is 4.90 Å². The van der Waals surface area contributed by atoms with E-state index in [9.17, 15) is 4.79 Å². The van der Waals surface area contributed by atoms with Crippen LogP contribution in [0.25, 0.3) is 0 Å². The molecule has 0 aromatic heterocycles. The van der Waals surface area contributed by atoms with E-state index in [-0.39, 0.29) is 5.43 Å². The van der Waals surface area contributed by atoms with Crippen LogP contribution < -0.4 is 10.7 Å². The summed E-state index contributed by atoms with van der Waals surface area (Å²) in [5, 5.41) is 3.17. The smallest absolute Gasteiger partial charge is 0.220 e. The Hall–Kier alpha value is -0.780. The summed E-state index contributed by atoms with van der Waals surface area (Å²) in [6.45, 7) is 13.8. The lowest BCUT2D eigenvalue weighted by atomic mass is 9.97. The van der Waals surface area contributed by atoms with Crippen LogP contribution in [0.4, 0.5) is 5.69 Å². The van der Waals surface area contributed by atoms with Gasteiger partial charge in [-0.05, 0) is 31.8 Å². The molecule has 1 aromatic carbocycles. The Morgan fingerprint density at radius 3 is 2.32 bits per heavy atom. The van der Waals surface area contributed by atoms with Crippen LogP contribution in [0, 0.1) is 4.51 Å². The molecule has 0 aliphatic heterocycles. The SMILES string of the molecule is CCCN(CCC)CCOCCNc1c(C(C)C)c(=S)c1=O. The monoisotopic (exact) mass is 326 g/mol. The Morgan fingerprint density at radius 1 is 1.14 bits per heavy atom. The van der Waals surface area contributed by atoms with E-state index in [1.54, 1.807) is 0 Å². The van der Waals surface area contributed by atoms with Gasteiger partial charge < -0.3 is 15.0 Å². The molecule has 1 rings (SSSR count). The van der Waals surface area contributed by atoms with Crippen LogP contribution in [0.3, 0.4) is 0 Å². The van der Waals surface area contributed by atoms with Gasteiger partial charge in [-0.15, -0.1) is 0 Å². The highest BCUT2D eigenvalue weighted by atomic mass is 32.1. The lowest BCUT2D eigenvalue weighted by Gasteiger charge is -2.21. The van der Waals surface area contributed by atoms with Gasteiger partial charge in [0.1, 0.15) is 0 Å². The van der Waals surface area contributed by atoms with E-state index < -0.39 is 0 Å². The quantitative estimate of drug-likeness (QED) is 0.471. The Kier molecular flexibility index (Phi) is 8.83. The van der Waals surface area contributed by atoms with E-state index in [4.69, 9.17) is 17.0 Å². The lowest BCUT2D eigenvalue weighted by molar-refractivity contribution is 0.111. The number of hydrogen-bond acceptors (Lipinski definition) is 5. The molecule has 4 nitrogen and oxygen atoms in total. The summed E-state index contributed by atoms with van der Waals surface area (Å²) < 4.78 is 6.16. The molecule has 0 fully saturated rings. The second-order valence-corrected chi connectivity index (χ2v) is 6.39. The van der Waals surface area contributed by atoms with Gasteiger partial charge in [-0.25, -0.2) is 0 Å². The highest BCUT2D eigenvalue weighted by Gasteiger charge is 2.19. The standard InChI is InChI=1S/C17H30N2O2S/c1-5-8-19(9-6-2)10-12-21-11-7-18-15-14(13(3)4)17(22)16(15)20/h13,18H,5-12H2,1-4H3. The first-order valence-corrected chi connectivity index (χ1v) is 8.80. The third-order valence-corrected chi connectivity index (χ3v) is 4.11. The minimum atomic E-state index is -0.0178. The molecule has 0 aliphatic carbocycles. The zero-order chi connectivity index (χ0) is 16.5. The maximum absolute atomic E-state index is 11.7. The maximum Gasteiger partial charge on any atom is 0.220 e. The zero-order valence-corrected chi connectivity index (χ0v) is 15.2. The fraction of sp³-hybridized carbons (Fsp3) is 0.765. The normalized spacial score (nSPS) is 11.7. The lowest BCUT2D eigenvalue weighted by Crippen LogP contribution is -2.30. The van der Waals surface area contributed by atoms with Crippen LogP contribution in [0.15, 0.2) is 4.79 Å². The average molecular weight is 327 g/mol. The summed E-state index contributed by atoms with van der Waals surface area (Å²) in [4.78, 5) is 14.2. The number of nitrogens with one attached hydrogen (secondary N) is 1. The Balaban J connectivity index is 2.22. The van der Waals surface area contributed by atoms with Crippen molar-refractivity contribution in [2.45, 2.75) is 46.5 Å². The van der Waals surface area contributed by atoms with E-state index >= 15 is 0 Å². The van der Waals surface area contributed by atoms with Gasteiger partial charge in [0.2, 0.25) is 5.43 Å². The average Bonchev–Trinajstić information content (AvgIpc) is 2.48. The van der Waals surface area contributed by atoms with Crippen LogP contribution in [0.5, 0.6) is 0 Å². The van der Waals surface area contributed by atoms with Gasteiger partial charge in [0.25, 0.3) is 0 Å². The van der Waals surface area contributed by atoms with Crippen molar-refractivity contribution in [2.75, 3.05) is 44.7 Å². The molecule has 0 aliphatic rings. The molecule has 1 N–H and O–H groups in total. The predicted octanol–water partition coefficient (Wildman–Crippen LogP) is 3.33. The molecule has 0 amide bonds. The number of ether oxygens (including phenoxy) is 1. The zero-order valence-electron chi connectivity index (χ0n) is 14.4. The van der Waals surface area contributed by atoms with Gasteiger partial charge in [-0.3, -0.25) is 4.79 Å². The summed E-state index contributed by atoms with van der Waals surface area (Å²) in [7, 11) is 0. The van der Waals surface area contributed by atoms with Crippen molar-refractivity contribution in [1.29, 1.82) is 0 Å².